The van der Waals surface area contributed by atoms with E-state index in [0.29, 0.717) is 5.82 Å². The van der Waals surface area contributed by atoms with Gasteiger partial charge in [0.05, 0.1) is 19.3 Å². The molecule has 2 radical (unpaired) electrons. The third kappa shape index (κ3) is 2.31. The van der Waals surface area contributed by atoms with Gasteiger partial charge >= 0.3 is 0 Å². The van der Waals surface area contributed by atoms with Gasteiger partial charge in [-0.05, 0) is 5.82 Å². The van der Waals surface area contributed by atoms with Crippen molar-refractivity contribution in [1.82, 2.24) is 9.71 Å². The van der Waals surface area contributed by atoms with Crippen LogP contribution in [0.4, 0.5) is 0 Å². The molecule has 20 heavy (non-hydrogen) atoms. The van der Waals surface area contributed by atoms with E-state index in [4.69, 9.17) is 9.47 Å². The van der Waals surface area contributed by atoms with Crippen molar-refractivity contribution in [1.29, 1.82) is 0 Å². The number of hydrogen-bond donors (Lipinski definition) is 0. The van der Waals surface area contributed by atoms with Crippen LogP contribution < -0.4 is 0 Å². The monoisotopic (exact) mass is 268 g/mol. The fourth-order valence-corrected chi connectivity index (χ4v) is 3.32. The van der Waals surface area contributed by atoms with Crippen LogP contribution in [0.25, 0.3) is 0 Å². The zero-order valence-corrected chi connectivity index (χ0v) is 11.5. The van der Waals surface area contributed by atoms with Crippen LogP contribution in [0.2, 0.25) is 6.32 Å². The summed E-state index contributed by atoms with van der Waals surface area (Å²) in [5, 5.41) is 0. The second kappa shape index (κ2) is 5.53. The fraction of sp³-hybridized carbons (Fsp3) is 0.571. The molecular weight excluding hydrogens is 250 g/mol. The molecule has 0 aliphatic carbocycles. The maximum atomic E-state index is 5.90. The molecule has 0 aromatic heterocycles. The first-order valence-electron chi connectivity index (χ1n) is 7.40. The third-order valence-electron chi connectivity index (χ3n) is 4.37. The van der Waals surface area contributed by atoms with E-state index in [1.807, 2.05) is 0 Å². The summed E-state index contributed by atoms with van der Waals surface area (Å²) in [6.07, 6.45) is 1.15. The molecule has 3 fully saturated rings. The van der Waals surface area contributed by atoms with Crippen LogP contribution >= 0.6 is 0 Å². The maximum Gasteiger partial charge on any atom is 0.213 e. The van der Waals surface area contributed by atoms with Crippen LogP contribution in [-0.4, -0.2) is 63.2 Å². The van der Waals surface area contributed by atoms with Crippen molar-refractivity contribution in [3.05, 3.63) is 35.9 Å². The molecule has 1 aromatic carbocycles. The Hall–Kier alpha value is -0.810. The van der Waals surface area contributed by atoms with E-state index in [1.165, 1.54) is 5.56 Å². The first kappa shape index (κ1) is 12.9. The SMILES string of the molecule is [B]1C(c2ccccc2)C[B]N2CCOC2N2CCOC12. The van der Waals surface area contributed by atoms with Gasteiger partial charge in [-0.2, -0.15) is 0 Å². The quantitative estimate of drug-likeness (QED) is 0.700. The summed E-state index contributed by atoms with van der Waals surface area (Å²) in [7, 11) is 4.64. The Balaban J connectivity index is 1.59. The normalized spacial score (nSPS) is 34.5. The Morgan fingerprint density at radius 1 is 1.05 bits per heavy atom. The van der Waals surface area contributed by atoms with Gasteiger partial charge in [0, 0.05) is 13.1 Å². The minimum absolute atomic E-state index is 0.0653. The predicted octanol–water partition coefficient (Wildman–Crippen LogP) is 0.715. The lowest BCUT2D eigenvalue weighted by atomic mass is 9.53. The zero-order valence-electron chi connectivity index (χ0n) is 11.5. The molecule has 1 aromatic rings. The molecule has 3 atom stereocenters. The van der Waals surface area contributed by atoms with Gasteiger partial charge in [0.2, 0.25) is 7.41 Å². The summed E-state index contributed by atoms with van der Waals surface area (Å²) in [6.45, 7) is 3.52. The van der Waals surface area contributed by atoms with Crippen molar-refractivity contribution < 1.29 is 9.47 Å². The molecule has 0 amide bonds. The highest BCUT2D eigenvalue weighted by Gasteiger charge is 2.41. The fourth-order valence-electron chi connectivity index (χ4n) is 3.32. The third-order valence-corrected chi connectivity index (χ3v) is 4.37. The number of benzene rings is 1. The number of rotatable bonds is 1. The summed E-state index contributed by atoms with van der Waals surface area (Å²) in [6, 6.07) is 10.7. The largest absolute Gasteiger partial charge is 0.371 e. The minimum Gasteiger partial charge on any atom is -0.371 e. The predicted molar refractivity (Wildman–Crippen MR) is 78.4 cm³/mol. The van der Waals surface area contributed by atoms with Crippen LogP contribution in [-0.2, 0) is 9.47 Å². The van der Waals surface area contributed by atoms with Gasteiger partial charge in [0.15, 0.2) is 13.6 Å². The van der Waals surface area contributed by atoms with E-state index in [9.17, 15) is 0 Å². The Morgan fingerprint density at radius 2 is 1.90 bits per heavy atom. The lowest BCUT2D eigenvalue weighted by Gasteiger charge is -2.37. The van der Waals surface area contributed by atoms with Gasteiger partial charge in [-0.1, -0.05) is 42.2 Å². The van der Waals surface area contributed by atoms with Crippen molar-refractivity contribution in [2.75, 3.05) is 26.3 Å². The van der Waals surface area contributed by atoms with E-state index in [-0.39, 0.29) is 12.5 Å². The molecule has 6 heteroatoms. The van der Waals surface area contributed by atoms with Crippen LogP contribution in [0.1, 0.15) is 11.4 Å². The number of ether oxygens (including phenoxy) is 2. The standard InChI is InChI=1S/C14H18B2N2O2/c1-2-4-11(5-3-1)12-10-15-18-7-9-20-14(18)17-6-8-19-13(17)16-12/h1-5,12-14H,6-10H2. The van der Waals surface area contributed by atoms with Crippen molar-refractivity contribution in [2.45, 2.75) is 24.6 Å². The van der Waals surface area contributed by atoms with E-state index in [0.717, 1.165) is 32.6 Å². The van der Waals surface area contributed by atoms with Crippen molar-refractivity contribution in [3.63, 3.8) is 0 Å². The summed E-state index contributed by atoms with van der Waals surface area (Å²) < 4.78 is 11.8. The summed E-state index contributed by atoms with van der Waals surface area (Å²) >= 11 is 0. The second-order valence-electron chi connectivity index (χ2n) is 5.56. The molecule has 102 valence electrons. The number of fused-ring (bicyclic) bond motifs is 3. The highest BCUT2D eigenvalue weighted by molar-refractivity contribution is 6.44. The van der Waals surface area contributed by atoms with Gasteiger partial charge in [-0.15, -0.1) is 0 Å². The van der Waals surface area contributed by atoms with Gasteiger partial charge in [0.25, 0.3) is 0 Å². The number of nitrogens with zero attached hydrogens (tertiary/aromatic N) is 2. The molecule has 3 aliphatic rings. The smallest absolute Gasteiger partial charge is 0.213 e. The molecule has 3 heterocycles. The first-order chi connectivity index (χ1) is 9.92. The second-order valence-corrected chi connectivity index (χ2v) is 5.56. The highest BCUT2D eigenvalue weighted by atomic mass is 16.6. The Bertz CT molecular complexity index is 462. The lowest BCUT2D eigenvalue weighted by molar-refractivity contribution is -0.0848. The van der Waals surface area contributed by atoms with E-state index in [1.54, 1.807) is 0 Å². The zero-order chi connectivity index (χ0) is 13.4. The maximum absolute atomic E-state index is 5.90. The average Bonchev–Trinajstić information content (AvgIpc) is 3.10. The molecule has 4 nitrogen and oxygen atoms in total. The van der Waals surface area contributed by atoms with Crippen LogP contribution in [0, 0.1) is 0 Å². The van der Waals surface area contributed by atoms with E-state index in [2.05, 4.69) is 54.7 Å². The first-order valence-corrected chi connectivity index (χ1v) is 7.40. The molecule has 0 bridgehead atoms. The molecule has 3 saturated heterocycles. The van der Waals surface area contributed by atoms with Gasteiger partial charge < -0.3 is 14.3 Å². The van der Waals surface area contributed by atoms with Crippen molar-refractivity contribution in [3.8, 4) is 0 Å². The molecule has 0 spiro atoms. The average molecular weight is 268 g/mol. The van der Waals surface area contributed by atoms with Crippen LogP contribution in [0.5, 0.6) is 0 Å². The van der Waals surface area contributed by atoms with Crippen molar-refractivity contribution >= 4 is 14.7 Å². The van der Waals surface area contributed by atoms with Crippen LogP contribution in [0.15, 0.2) is 30.3 Å². The van der Waals surface area contributed by atoms with Gasteiger partial charge in [-0.3, -0.25) is 0 Å². The lowest BCUT2D eigenvalue weighted by Crippen LogP contribution is -2.54. The summed E-state index contributed by atoms with van der Waals surface area (Å²) in [5.74, 6) is 0.406. The molecular formula is C14H18B2N2O2. The Labute approximate surface area is 121 Å². The Morgan fingerprint density at radius 3 is 2.80 bits per heavy atom. The highest BCUT2D eigenvalue weighted by Crippen LogP contribution is 2.29. The van der Waals surface area contributed by atoms with Crippen LogP contribution in [0.3, 0.4) is 0 Å². The topological polar surface area (TPSA) is 24.9 Å². The molecule has 3 aliphatic heterocycles. The molecule has 0 N–H and O–H groups in total. The molecule has 4 rings (SSSR count). The minimum atomic E-state index is 0.0653. The van der Waals surface area contributed by atoms with E-state index >= 15 is 0 Å². The number of hydrogen-bond acceptors (Lipinski definition) is 4. The summed E-state index contributed by atoms with van der Waals surface area (Å²) in [4.78, 5) is 4.64. The summed E-state index contributed by atoms with van der Waals surface area (Å²) in [5.41, 5.74) is 1.36. The van der Waals surface area contributed by atoms with Crippen molar-refractivity contribution in [2.24, 2.45) is 0 Å². The molecule has 3 unspecified atom stereocenters. The molecule has 0 saturated carbocycles. The Kier molecular flexibility index (Phi) is 3.56. The van der Waals surface area contributed by atoms with Gasteiger partial charge in [-0.25, -0.2) is 4.90 Å². The van der Waals surface area contributed by atoms with Gasteiger partial charge in [0.1, 0.15) is 0 Å². The van der Waals surface area contributed by atoms with E-state index < -0.39 is 0 Å².